The predicted molar refractivity (Wildman–Crippen MR) is 69.3 cm³/mol. The van der Waals surface area contributed by atoms with Crippen LogP contribution in [0.4, 0.5) is 0 Å². The van der Waals surface area contributed by atoms with Gasteiger partial charge in [-0.1, -0.05) is 30.8 Å². The smallest absolute Gasteiger partial charge is 0.226 e. The Bertz CT molecular complexity index is 479. The van der Waals surface area contributed by atoms with E-state index in [-0.39, 0.29) is 0 Å². The van der Waals surface area contributed by atoms with Crippen LogP contribution in [-0.4, -0.2) is 15.1 Å². The van der Waals surface area contributed by atoms with Crippen molar-refractivity contribution in [1.82, 2.24) is 15.1 Å². The third-order valence-electron chi connectivity index (χ3n) is 2.02. The van der Waals surface area contributed by atoms with E-state index in [9.17, 15) is 0 Å². The second-order valence-corrected chi connectivity index (χ2v) is 6.33. The lowest BCUT2D eigenvalue weighted by atomic mass is 10.1. The number of hydrogen-bond acceptors (Lipinski definition) is 6. The third kappa shape index (κ3) is 3.81. The highest BCUT2D eigenvalue weighted by molar-refractivity contribution is 8.00. The molecule has 2 aromatic rings. The molecule has 2 rings (SSSR count). The van der Waals surface area contributed by atoms with E-state index < -0.39 is 0 Å². The molecule has 0 radical (unpaired) electrons. The van der Waals surface area contributed by atoms with Crippen molar-refractivity contribution in [2.24, 2.45) is 5.92 Å². The Morgan fingerprint density at radius 2 is 2.24 bits per heavy atom. The molecular weight excluding hydrogens is 254 g/mol. The molecule has 0 saturated carbocycles. The van der Waals surface area contributed by atoms with E-state index >= 15 is 0 Å². The molecule has 0 aliphatic carbocycles. The monoisotopic (exact) mass is 269 g/mol. The van der Waals surface area contributed by atoms with Gasteiger partial charge in [-0.3, -0.25) is 0 Å². The fraction of sp³-hybridized carbons (Fsp3) is 0.545. The average Bonchev–Trinajstić information content (AvgIpc) is 2.84. The molecule has 0 aliphatic rings. The van der Waals surface area contributed by atoms with Crippen LogP contribution in [0, 0.1) is 12.8 Å². The summed E-state index contributed by atoms with van der Waals surface area (Å²) in [7, 11) is 0. The first-order valence-corrected chi connectivity index (χ1v) is 7.36. The van der Waals surface area contributed by atoms with E-state index in [2.05, 4.69) is 29.0 Å². The Hall–Kier alpha value is -0.880. The van der Waals surface area contributed by atoms with Gasteiger partial charge >= 0.3 is 0 Å². The summed E-state index contributed by atoms with van der Waals surface area (Å²) in [5, 5.41) is 6.01. The Morgan fingerprint density at radius 3 is 2.88 bits per heavy atom. The highest BCUT2D eigenvalue weighted by Crippen LogP contribution is 2.25. The van der Waals surface area contributed by atoms with Crippen molar-refractivity contribution < 1.29 is 4.52 Å². The van der Waals surface area contributed by atoms with Crippen LogP contribution in [-0.2, 0) is 12.2 Å². The fourth-order valence-electron chi connectivity index (χ4n) is 1.31. The maximum atomic E-state index is 5.18. The summed E-state index contributed by atoms with van der Waals surface area (Å²) in [6.45, 7) is 6.27. The molecule has 0 N–H and O–H groups in total. The van der Waals surface area contributed by atoms with Crippen LogP contribution >= 0.6 is 23.1 Å². The maximum Gasteiger partial charge on any atom is 0.226 e. The number of thioether (sulfide) groups is 1. The third-order valence-corrected chi connectivity index (χ3v) is 4.15. The van der Waals surface area contributed by atoms with Gasteiger partial charge in [0.2, 0.25) is 5.89 Å². The molecule has 0 unspecified atom stereocenters. The molecule has 0 spiro atoms. The number of thiazole rings is 1. The van der Waals surface area contributed by atoms with E-state index in [4.69, 9.17) is 4.52 Å². The Balaban J connectivity index is 1.89. The van der Waals surface area contributed by atoms with Gasteiger partial charge in [-0.25, -0.2) is 4.98 Å². The Labute approximate surface area is 109 Å². The van der Waals surface area contributed by atoms with Crippen molar-refractivity contribution in [3.63, 3.8) is 0 Å². The van der Waals surface area contributed by atoms with Crippen LogP contribution in [0.1, 0.15) is 31.3 Å². The first kappa shape index (κ1) is 12.6. The van der Waals surface area contributed by atoms with E-state index in [0.29, 0.717) is 11.7 Å². The minimum atomic E-state index is 0.539. The minimum Gasteiger partial charge on any atom is -0.339 e. The van der Waals surface area contributed by atoms with E-state index in [1.165, 1.54) is 0 Å². The van der Waals surface area contributed by atoms with Crippen molar-refractivity contribution in [2.75, 3.05) is 0 Å². The molecular formula is C11H15N3OS2. The number of nitrogens with zero attached hydrogens (tertiary/aromatic N) is 3. The SMILES string of the molecule is Cc1csc(SCc2noc(CC(C)C)n2)n1. The largest absolute Gasteiger partial charge is 0.339 e. The van der Waals surface area contributed by atoms with Gasteiger partial charge in [0.05, 0.1) is 5.75 Å². The molecule has 0 fully saturated rings. The zero-order valence-electron chi connectivity index (χ0n) is 10.1. The molecule has 4 nitrogen and oxygen atoms in total. The summed E-state index contributed by atoms with van der Waals surface area (Å²) in [5.41, 5.74) is 1.06. The van der Waals surface area contributed by atoms with Crippen molar-refractivity contribution >= 4 is 23.1 Å². The fourth-order valence-corrected chi connectivity index (χ4v) is 3.00. The van der Waals surface area contributed by atoms with Crippen molar-refractivity contribution in [3.05, 3.63) is 22.8 Å². The molecule has 92 valence electrons. The molecule has 0 saturated heterocycles. The van der Waals surface area contributed by atoms with Crippen molar-refractivity contribution in [1.29, 1.82) is 0 Å². The van der Waals surface area contributed by atoms with Gasteiger partial charge in [0.1, 0.15) is 0 Å². The van der Waals surface area contributed by atoms with Gasteiger partial charge in [0.25, 0.3) is 0 Å². The lowest BCUT2D eigenvalue weighted by Crippen LogP contribution is -1.94. The molecule has 2 heterocycles. The zero-order chi connectivity index (χ0) is 12.3. The van der Waals surface area contributed by atoms with Crippen LogP contribution < -0.4 is 0 Å². The summed E-state index contributed by atoms with van der Waals surface area (Å²) >= 11 is 3.30. The summed E-state index contributed by atoms with van der Waals surface area (Å²) < 4.78 is 6.23. The van der Waals surface area contributed by atoms with Crippen LogP contribution in [0.3, 0.4) is 0 Å². The summed E-state index contributed by atoms with van der Waals surface area (Å²) in [6, 6.07) is 0. The normalized spacial score (nSPS) is 11.3. The van der Waals surface area contributed by atoms with Gasteiger partial charge in [-0.05, 0) is 12.8 Å². The zero-order valence-corrected chi connectivity index (χ0v) is 11.8. The van der Waals surface area contributed by atoms with Gasteiger partial charge in [-0.2, -0.15) is 4.98 Å². The number of hydrogen-bond donors (Lipinski definition) is 0. The number of aromatic nitrogens is 3. The van der Waals surface area contributed by atoms with Crippen molar-refractivity contribution in [3.8, 4) is 0 Å². The topological polar surface area (TPSA) is 51.8 Å². The van der Waals surface area contributed by atoms with E-state index in [1.807, 2.05) is 12.3 Å². The number of aryl methyl sites for hydroxylation is 1. The molecule has 0 amide bonds. The van der Waals surface area contributed by atoms with Gasteiger partial charge in [-0.15, -0.1) is 11.3 Å². The summed E-state index contributed by atoms with van der Waals surface area (Å²) in [4.78, 5) is 8.73. The molecule has 0 bridgehead atoms. The maximum absolute atomic E-state index is 5.18. The van der Waals surface area contributed by atoms with Crippen LogP contribution in [0.2, 0.25) is 0 Å². The lowest BCUT2D eigenvalue weighted by Gasteiger charge is -1.95. The lowest BCUT2D eigenvalue weighted by molar-refractivity contribution is 0.360. The first-order chi connectivity index (χ1) is 8.13. The highest BCUT2D eigenvalue weighted by atomic mass is 32.2. The van der Waals surface area contributed by atoms with Crippen LogP contribution in [0.15, 0.2) is 14.2 Å². The number of rotatable bonds is 5. The molecule has 17 heavy (non-hydrogen) atoms. The Morgan fingerprint density at radius 1 is 1.41 bits per heavy atom. The standard InChI is InChI=1S/C11H15N3OS2/c1-7(2)4-10-13-9(14-15-10)6-17-11-12-8(3)5-16-11/h5,7H,4,6H2,1-3H3. The van der Waals surface area contributed by atoms with Gasteiger partial charge < -0.3 is 4.52 Å². The molecule has 0 aliphatic heterocycles. The quantitative estimate of drug-likeness (QED) is 0.779. The molecule has 2 aromatic heterocycles. The average molecular weight is 269 g/mol. The summed E-state index contributed by atoms with van der Waals surface area (Å²) in [6.07, 6.45) is 0.841. The van der Waals surface area contributed by atoms with Crippen LogP contribution in [0.5, 0.6) is 0 Å². The molecule has 6 heteroatoms. The summed E-state index contributed by atoms with van der Waals surface area (Å²) in [5.74, 6) is 2.73. The van der Waals surface area contributed by atoms with E-state index in [1.54, 1.807) is 23.1 Å². The van der Waals surface area contributed by atoms with Gasteiger partial charge in [0.15, 0.2) is 10.2 Å². The first-order valence-electron chi connectivity index (χ1n) is 5.50. The van der Waals surface area contributed by atoms with E-state index in [0.717, 1.165) is 28.2 Å². The minimum absolute atomic E-state index is 0.539. The van der Waals surface area contributed by atoms with Crippen LogP contribution in [0.25, 0.3) is 0 Å². The highest BCUT2D eigenvalue weighted by Gasteiger charge is 2.09. The second-order valence-electron chi connectivity index (χ2n) is 4.25. The molecule has 0 aromatic carbocycles. The second kappa shape index (κ2) is 5.64. The van der Waals surface area contributed by atoms with Gasteiger partial charge in [0, 0.05) is 17.5 Å². The molecule has 0 atom stereocenters. The predicted octanol–water partition coefficient (Wildman–Crippen LogP) is 3.33. The van der Waals surface area contributed by atoms with Crippen molar-refractivity contribution in [2.45, 2.75) is 37.3 Å². The Kier molecular flexibility index (Phi) is 4.17.